The second kappa shape index (κ2) is 23.2. The van der Waals surface area contributed by atoms with Crippen LogP contribution in [0.15, 0.2) is 29.6 Å². The van der Waals surface area contributed by atoms with Crippen LogP contribution in [0.5, 0.6) is 0 Å². The number of nitrogens with one attached hydrogen (secondary N) is 4. The quantitative estimate of drug-likeness (QED) is 0.0389. The van der Waals surface area contributed by atoms with E-state index in [4.69, 9.17) is 16.0 Å². The topological polar surface area (TPSA) is 188 Å². The third-order valence-electron chi connectivity index (χ3n) is 10.6. The number of carbonyl (C=O) groups is 5. The molecule has 58 heavy (non-hydrogen) atoms. The van der Waals surface area contributed by atoms with Crippen LogP contribution < -0.4 is 21.3 Å². The molecule has 320 valence electrons. The van der Waals surface area contributed by atoms with Gasteiger partial charge in [-0.2, -0.15) is 0 Å². The zero-order valence-corrected chi connectivity index (χ0v) is 36.2. The molecule has 0 aliphatic carbocycles. The van der Waals surface area contributed by atoms with Gasteiger partial charge in [0.25, 0.3) is 11.8 Å². The van der Waals surface area contributed by atoms with Gasteiger partial charge in [0.15, 0.2) is 6.10 Å². The molecule has 1 saturated heterocycles. The first kappa shape index (κ1) is 47.9. The highest BCUT2D eigenvalue weighted by Gasteiger charge is 2.39. The predicted molar refractivity (Wildman–Crippen MR) is 225 cm³/mol. The van der Waals surface area contributed by atoms with Gasteiger partial charge in [0.1, 0.15) is 16.7 Å². The maximum absolute atomic E-state index is 14.6. The van der Waals surface area contributed by atoms with Crippen LogP contribution in [-0.2, 0) is 35.2 Å². The van der Waals surface area contributed by atoms with Crippen molar-refractivity contribution in [1.82, 2.24) is 26.0 Å². The van der Waals surface area contributed by atoms with Gasteiger partial charge < -0.3 is 31.1 Å². The van der Waals surface area contributed by atoms with Crippen molar-refractivity contribution in [2.75, 3.05) is 25.5 Å². The molecule has 2 aromatic rings. The number of carbonyl (C=O) groups excluding carboxylic acids is 4. The number of aromatic nitrogens is 1. The second-order valence-electron chi connectivity index (χ2n) is 16.1. The molecule has 0 saturated carbocycles. The number of benzene rings is 1. The molecule has 6 atom stereocenters. The number of anilines is 1. The summed E-state index contributed by atoms with van der Waals surface area (Å²) in [6.07, 6.45) is 9.29. The van der Waals surface area contributed by atoms with E-state index >= 15 is 0 Å². The number of nitrogens with zero attached hydrogens (tertiary/aromatic N) is 2. The lowest BCUT2D eigenvalue weighted by molar-refractivity contribution is -0.213. The molecular formula is C43H64N6O8S. The molecule has 1 aromatic heterocycles. The SMILES string of the molecule is C#CCCCON(C(=O)[C@@H](NC(=O)[C@H]1CCCCN1)[C@@H](C)CC)[C@H](C[C@@H](OC(C)=O)c1nc(C(=O)N[C@@H](Cc2ccc(NC)cc2)CC(C)(C)C(=O)O)cs1)C(C)C. The van der Waals surface area contributed by atoms with Crippen molar-refractivity contribution < 1.29 is 38.7 Å². The number of hydroxylamine groups is 2. The van der Waals surface area contributed by atoms with Gasteiger partial charge >= 0.3 is 11.9 Å². The largest absolute Gasteiger partial charge is 0.481 e. The maximum atomic E-state index is 14.6. The van der Waals surface area contributed by atoms with Gasteiger partial charge in [-0.05, 0) is 82.0 Å². The summed E-state index contributed by atoms with van der Waals surface area (Å²) in [6.45, 7) is 13.1. The van der Waals surface area contributed by atoms with Gasteiger partial charge in [0.2, 0.25) is 5.91 Å². The molecule has 14 nitrogen and oxygen atoms in total. The molecule has 1 aliphatic rings. The smallest absolute Gasteiger partial charge is 0.309 e. The number of ether oxygens (including phenoxy) is 1. The van der Waals surface area contributed by atoms with E-state index in [1.54, 1.807) is 19.2 Å². The first-order valence-corrected chi connectivity index (χ1v) is 21.3. The summed E-state index contributed by atoms with van der Waals surface area (Å²) in [5, 5.41) is 25.5. The molecule has 1 fully saturated rings. The summed E-state index contributed by atoms with van der Waals surface area (Å²) >= 11 is 1.14. The molecule has 2 heterocycles. The minimum absolute atomic E-state index is 0.0795. The van der Waals surface area contributed by atoms with Crippen LogP contribution in [0.3, 0.4) is 0 Å². The number of carboxylic acids is 1. The monoisotopic (exact) mass is 824 g/mol. The molecular weight excluding hydrogens is 761 g/mol. The third kappa shape index (κ3) is 14.4. The van der Waals surface area contributed by atoms with Crippen LogP contribution in [0.2, 0.25) is 0 Å². The molecule has 15 heteroatoms. The lowest BCUT2D eigenvalue weighted by Crippen LogP contribution is -2.58. The van der Waals surface area contributed by atoms with Crippen molar-refractivity contribution >= 4 is 46.7 Å². The van der Waals surface area contributed by atoms with Crippen molar-refractivity contribution in [3.8, 4) is 12.3 Å². The number of hydrogen-bond acceptors (Lipinski definition) is 11. The Hall–Kier alpha value is -4.52. The first-order valence-electron chi connectivity index (χ1n) is 20.4. The number of rotatable bonds is 23. The van der Waals surface area contributed by atoms with Gasteiger partial charge in [-0.25, -0.2) is 10.0 Å². The third-order valence-corrected chi connectivity index (χ3v) is 11.5. The predicted octanol–water partition coefficient (Wildman–Crippen LogP) is 5.89. The molecule has 0 radical (unpaired) electrons. The molecule has 3 rings (SSSR count). The molecule has 1 aromatic carbocycles. The Balaban J connectivity index is 1.93. The second-order valence-corrected chi connectivity index (χ2v) is 17.0. The van der Waals surface area contributed by atoms with Gasteiger partial charge in [0, 0.05) is 43.9 Å². The Morgan fingerprint density at radius 3 is 2.40 bits per heavy atom. The van der Waals surface area contributed by atoms with Gasteiger partial charge in [-0.3, -0.25) is 28.8 Å². The van der Waals surface area contributed by atoms with Gasteiger partial charge in [0.05, 0.1) is 24.1 Å². The summed E-state index contributed by atoms with van der Waals surface area (Å²) in [7, 11) is 1.82. The van der Waals surface area contributed by atoms with Crippen LogP contribution in [0.25, 0.3) is 0 Å². The van der Waals surface area contributed by atoms with Crippen molar-refractivity contribution in [2.45, 2.75) is 137 Å². The van der Waals surface area contributed by atoms with E-state index in [1.807, 2.05) is 59.0 Å². The van der Waals surface area contributed by atoms with Crippen LogP contribution in [0.1, 0.15) is 127 Å². The highest BCUT2D eigenvalue weighted by molar-refractivity contribution is 7.09. The van der Waals surface area contributed by atoms with E-state index in [0.29, 0.717) is 37.1 Å². The van der Waals surface area contributed by atoms with Crippen LogP contribution in [0, 0.1) is 29.6 Å². The van der Waals surface area contributed by atoms with E-state index < -0.39 is 59.4 Å². The minimum atomic E-state index is -1.13. The molecule has 5 N–H and O–H groups in total. The van der Waals surface area contributed by atoms with Crippen molar-refractivity contribution in [3.63, 3.8) is 0 Å². The van der Waals surface area contributed by atoms with E-state index in [-0.39, 0.29) is 42.9 Å². The van der Waals surface area contributed by atoms with Gasteiger partial charge in [-0.15, -0.1) is 23.7 Å². The first-order chi connectivity index (χ1) is 27.5. The summed E-state index contributed by atoms with van der Waals surface area (Å²) in [4.78, 5) is 77.4. The number of hydrogen-bond donors (Lipinski definition) is 5. The summed E-state index contributed by atoms with van der Waals surface area (Å²) in [5.41, 5.74) is 0.791. The number of aliphatic carboxylic acids is 1. The lowest BCUT2D eigenvalue weighted by Gasteiger charge is -2.38. The van der Waals surface area contributed by atoms with Crippen molar-refractivity contribution in [2.24, 2.45) is 17.3 Å². The Morgan fingerprint density at radius 2 is 1.83 bits per heavy atom. The standard InChI is InChI=1S/C43H64N6O8S/c1-10-12-15-22-56-49(41(53)37(28(5)11-2)48-38(51)33-16-13-14-21-45-33)35(27(3)4)24-36(57-29(6)50)40-47-34(26-58-40)39(52)46-32(25-43(7,8)42(54)55)23-30-17-19-31(44-9)20-18-30/h1,17-20,26-28,32-33,35-37,44-45H,11-16,21-25H2,2-9H3,(H,46,52)(H,48,51)(H,54,55)/t28-,32-,33+,35+,36+,37-/m0/s1. The number of unbranched alkanes of at least 4 members (excludes halogenated alkanes) is 1. The fourth-order valence-electron chi connectivity index (χ4n) is 6.84. The zero-order chi connectivity index (χ0) is 43.0. The maximum Gasteiger partial charge on any atom is 0.309 e. The van der Waals surface area contributed by atoms with Crippen LogP contribution >= 0.6 is 11.3 Å². The van der Waals surface area contributed by atoms with E-state index in [0.717, 1.165) is 42.0 Å². The Kier molecular flexibility index (Phi) is 19.1. The van der Waals surface area contributed by atoms with Crippen molar-refractivity contribution in [3.05, 3.63) is 45.9 Å². The van der Waals surface area contributed by atoms with Crippen LogP contribution in [-0.4, -0.2) is 89.2 Å². The van der Waals surface area contributed by atoms with E-state index in [1.165, 1.54) is 12.0 Å². The molecule has 0 bridgehead atoms. The Bertz CT molecular complexity index is 1700. The van der Waals surface area contributed by atoms with E-state index in [2.05, 4.69) is 32.2 Å². The number of piperidine rings is 1. The minimum Gasteiger partial charge on any atom is -0.481 e. The molecule has 3 amide bonds. The average molecular weight is 825 g/mol. The molecule has 0 unspecified atom stereocenters. The molecule has 0 spiro atoms. The Labute approximate surface area is 347 Å². The fourth-order valence-corrected chi connectivity index (χ4v) is 7.68. The fraction of sp³-hybridized carbons (Fsp3) is 0.628. The number of carboxylic acid groups (broad SMARTS) is 1. The summed E-state index contributed by atoms with van der Waals surface area (Å²) in [6, 6.07) is 5.19. The highest BCUT2D eigenvalue weighted by atomic mass is 32.1. The summed E-state index contributed by atoms with van der Waals surface area (Å²) in [5.74, 6) is -0.577. The zero-order valence-electron chi connectivity index (χ0n) is 35.4. The lowest BCUT2D eigenvalue weighted by atomic mass is 9.84. The van der Waals surface area contributed by atoms with Gasteiger partial charge in [-0.1, -0.05) is 52.7 Å². The summed E-state index contributed by atoms with van der Waals surface area (Å²) < 4.78 is 5.84. The number of esters is 1. The van der Waals surface area contributed by atoms with E-state index in [9.17, 15) is 29.1 Å². The number of thiazole rings is 1. The number of terminal acetylenes is 1. The van der Waals surface area contributed by atoms with Crippen molar-refractivity contribution in [1.29, 1.82) is 0 Å². The average Bonchev–Trinajstić information content (AvgIpc) is 3.69. The normalized spacial score (nSPS) is 16.9. The van der Waals surface area contributed by atoms with Crippen LogP contribution in [0.4, 0.5) is 5.69 Å². The highest BCUT2D eigenvalue weighted by Crippen LogP contribution is 2.32. The number of amides is 3. The Morgan fingerprint density at radius 1 is 1.12 bits per heavy atom. The molecule has 1 aliphatic heterocycles.